The molecule has 106 valence electrons. The standard InChI is InChI=1S/C16H21N3O/c1-16(2)7-5-12(6-8-16)20-15-13-4-3-11(17)9-14(13)18-10-19-15/h3-4,9-10,12H,5-8,17H2,1-2H3. The van der Waals surface area contributed by atoms with Crippen molar-refractivity contribution in [1.29, 1.82) is 0 Å². The summed E-state index contributed by atoms with van der Waals surface area (Å²) in [5.74, 6) is 0.680. The number of benzene rings is 1. The second-order valence-electron chi connectivity index (χ2n) is 6.44. The van der Waals surface area contributed by atoms with Crippen LogP contribution in [0.3, 0.4) is 0 Å². The van der Waals surface area contributed by atoms with Crippen LogP contribution in [-0.4, -0.2) is 16.1 Å². The van der Waals surface area contributed by atoms with E-state index in [1.165, 1.54) is 12.8 Å². The Labute approximate surface area is 119 Å². The van der Waals surface area contributed by atoms with E-state index in [-0.39, 0.29) is 6.10 Å². The van der Waals surface area contributed by atoms with Crippen LogP contribution >= 0.6 is 0 Å². The van der Waals surface area contributed by atoms with E-state index in [0.717, 1.165) is 23.7 Å². The van der Waals surface area contributed by atoms with Gasteiger partial charge in [0.15, 0.2) is 0 Å². The molecule has 1 saturated carbocycles. The number of nitrogen functional groups attached to an aromatic ring is 1. The van der Waals surface area contributed by atoms with Crippen molar-refractivity contribution in [2.75, 3.05) is 5.73 Å². The molecule has 3 rings (SSSR count). The second-order valence-corrected chi connectivity index (χ2v) is 6.44. The lowest BCUT2D eigenvalue weighted by molar-refractivity contribution is 0.0962. The van der Waals surface area contributed by atoms with Gasteiger partial charge in [0.2, 0.25) is 5.88 Å². The van der Waals surface area contributed by atoms with Gasteiger partial charge in [-0.3, -0.25) is 0 Å². The van der Waals surface area contributed by atoms with Crippen molar-refractivity contribution in [2.45, 2.75) is 45.6 Å². The number of aromatic nitrogens is 2. The summed E-state index contributed by atoms with van der Waals surface area (Å²) in [4.78, 5) is 8.54. The van der Waals surface area contributed by atoms with Crippen LogP contribution in [0.1, 0.15) is 39.5 Å². The van der Waals surface area contributed by atoms with Crippen molar-refractivity contribution in [3.05, 3.63) is 24.5 Å². The number of hydrogen-bond acceptors (Lipinski definition) is 4. The molecule has 0 atom stereocenters. The van der Waals surface area contributed by atoms with E-state index in [1.54, 1.807) is 6.33 Å². The maximum Gasteiger partial charge on any atom is 0.224 e. The van der Waals surface area contributed by atoms with Crippen LogP contribution in [0.5, 0.6) is 5.88 Å². The minimum atomic E-state index is 0.263. The summed E-state index contributed by atoms with van der Waals surface area (Å²) in [6.45, 7) is 4.65. The zero-order valence-corrected chi connectivity index (χ0v) is 12.1. The molecule has 1 aliphatic carbocycles. The van der Waals surface area contributed by atoms with Crippen LogP contribution in [-0.2, 0) is 0 Å². The van der Waals surface area contributed by atoms with Crippen molar-refractivity contribution in [3.63, 3.8) is 0 Å². The molecule has 4 heteroatoms. The molecule has 0 saturated heterocycles. The minimum Gasteiger partial charge on any atom is -0.474 e. The number of ether oxygens (including phenoxy) is 1. The van der Waals surface area contributed by atoms with Crippen molar-refractivity contribution in [1.82, 2.24) is 9.97 Å². The van der Waals surface area contributed by atoms with Crippen LogP contribution in [0, 0.1) is 5.41 Å². The van der Waals surface area contributed by atoms with E-state index in [9.17, 15) is 0 Å². The van der Waals surface area contributed by atoms with Gasteiger partial charge in [-0.05, 0) is 49.3 Å². The van der Waals surface area contributed by atoms with Crippen LogP contribution in [0.15, 0.2) is 24.5 Å². The molecule has 0 amide bonds. The van der Waals surface area contributed by atoms with Gasteiger partial charge in [-0.2, -0.15) is 0 Å². The minimum absolute atomic E-state index is 0.263. The number of fused-ring (bicyclic) bond motifs is 1. The van der Waals surface area contributed by atoms with Crippen molar-refractivity contribution in [2.24, 2.45) is 5.41 Å². The average molecular weight is 271 g/mol. The Kier molecular flexibility index (Phi) is 3.24. The summed E-state index contributed by atoms with van der Waals surface area (Å²) in [5, 5.41) is 0.937. The third kappa shape index (κ3) is 2.69. The molecule has 2 aromatic rings. The molecule has 0 radical (unpaired) electrons. The number of nitrogens with two attached hydrogens (primary N) is 1. The maximum absolute atomic E-state index is 6.11. The molecule has 20 heavy (non-hydrogen) atoms. The molecule has 1 aliphatic rings. The monoisotopic (exact) mass is 271 g/mol. The van der Waals surface area contributed by atoms with Crippen molar-refractivity contribution >= 4 is 16.6 Å². The molecule has 0 aliphatic heterocycles. The highest BCUT2D eigenvalue weighted by Gasteiger charge is 2.28. The Morgan fingerprint density at radius 1 is 1.20 bits per heavy atom. The fourth-order valence-corrected chi connectivity index (χ4v) is 2.79. The third-order valence-corrected chi connectivity index (χ3v) is 4.19. The predicted octanol–water partition coefficient (Wildman–Crippen LogP) is 3.56. The smallest absolute Gasteiger partial charge is 0.224 e. The largest absolute Gasteiger partial charge is 0.474 e. The Hall–Kier alpha value is -1.84. The van der Waals surface area contributed by atoms with E-state index in [1.807, 2.05) is 18.2 Å². The maximum atomic E-state index is 6.11. The summed E-state index contributed by atoms with van der Waals surface area (Å²) in [6, 6.07) is 5.66. The van der Waals surface area contributed by atoms with Crippen LogP contribution < -0.4 is 10.5 Å². The van der Waals surface area contributed by atoms with Gasteiger partial charge >= 0.3 is 0 Å². The van der Waals surface area contributed by atoms with Gasteiger partial charge in [-0.25, -0.2) is 9.97 Å². The number of anilines is 1. The molecular formula is C16H21N3O. The molecule has 1 fully saturated rings. The Morgan fingerprint density at radius 3 is 2.70 bits per heavy atom. The first-order valence-electron chi connectivity index (χ1n) is 7.20. The van der Waals surface area contributed by atoms with E-state index in [4.69, 9.17) is 10.5 Å². The normalized spacial score (nSPS) is 19.1. The molecule has 1 aromatic heterocycles. The summed E-state index contributed by atoms with van der Waals surface area (Å²) >= 11 is 0. The fraction of sp³-hybridized carbons (Fsp3) is 0.500. The van der Waals surface area contributed by atoms with Gasteiger partial charge in [0, 0.05) is 5.69 Å². The van der Waals surface area contributed by atoms with E-state index < -0.39 is 0 Å². The molecule has 4 nitrogen and oxygen atoms in total. The third-order valence-electron chi connectivity index (χ3n) is 4.19. The Balaban J connectivity index is 1.81. The SMILES string of the molecule is CC1(C)CCC(Oc2ncnc3cc(N)ccc23)CC1. The zero-order chi connectivity index (χ0) is 14.2. The van der Waals surface area contributed by atoms with Crippen LogP contribution in [0.25, 0.3) is 10.9 Å². The van der Waals surface area contributed by atoms with E-state index in [2.05, 4.69) is 23.8 Å². The summed E-state index contributed by atoms with van der Waals surface area (Å²) < 4.78 is 6.11. The van der Waals surface area contributed by atoms with Gasteiger partial charge in [0.1, 0.15) is 12.4 Å². The molecule has 1 heterocycles. The first-order chi connectivity index (χ1) is 9.53. The highest BCUT2D eigenvalue weighted by Crippen LogP contribution is 2.37. The lowest BCUT2D eigenvalue weighted by Crippen LogP contribution is -2.28. The van der Waals surface area contributed by atoms with Crippen molar-refractivity contribution in [3.8, 4) is 5.88 Å². The topological polar surface area (TPSA) is 61.0 Å². The predicted molar refractivity (Wildman–Crippen MR) is 80.6 cm³/mol. The molecule has 0 bridgehead atoms. The Morgan fingerprint density at radius 2 is 1.95 bits per heavy atom. The van der Waals surface area contributed by atoms with Gasteiger partial charge < -0.3 is 10.5 Å². The van der Waals surface area contributed by atoms with Crippen molar-refractivity contribution < 1.29 is 4.74 Å². The van der Waals surface area contributed by atoms with Gasteiger partial charge in [0.05, 0.1) is 10.9 Å². The quantitative estimate of drug-likeness (QED) is 0.848. The number of hydrogen-bond donors (Lipinski definition) is 1. The first kappa shape index (κ1) is 13.2. The van der Waals surface area contributed by atoms with Crippen LogP contribution in [0.2, 0.25) is 0 Å². The van der Waals surface area contributed by atoms with E-state index in [0.29, 0.717) is 17.0 Å². The highest BCUT2D eigenvalue weighted by atomic mass is 16.5. The number of rotatable bonds is 2. The summed E-state index contributed by atoms with van der Waals surface area (Å²) in [7, 11) is 0. The number of nitrogens with zero attached hydrogens (tertiary/aromatic N) is 2. The average Bonchev–Trinajstić information content (AvgIpc) is 2.41. The molecular weight excluding hydrogens is 250 g/mol. The molecule has 1 aromatic carbocycles. The lowest BCUT2D eigenvalue weighted by Gasteiger charge is -2.34. The van der Waals surface area contributed by atoms with Gasteiger partial charge in [-0.1, -0.05) is 13.8 Å². The van der Waals surface area contributed by atoms with E-state index >= 15 is 0 Å². The highest BCUT2D eigenvalue weighted by molar-refractivity contribution is 5.85. The fourth-order valence-electron chi connectivity index (χ4n) is 2.79. The van der Waals surface area contributed by atoms with Gasteiger partial charge in [0.25, 0.3) is 0 Å². The lowest BCUT2D eigenvalue weighted by atomic mass is 9.76. The molecule has 0 unspecified atom stereocenters. The zero-order valence-electron chi connectivity index (χ0n) is 12.1. The Bertz CT molecular complexity index is 614. The first-order valence-corrected chi connectivity index (χ1v) is 7.20. The summed E-state index contributed by atoms with van der Waals surface area (Å²) in [6.07, 6.45) is 6.39. The van der Waals surface area contributed by atoms with Gasteiger partial charge in [-0.15, -0.1) is 0 Å². The van der Waals surface area contributed by atoms with Crippen LogP contribution in [0.4, 0.5) is 5.69 Å². The summed E-state index contributed by atoms with van der Waals surface area (Å²) in [5.41, 5.74) is 7.78. The molecule has 2 N–H and O–H groups in total. The molecule has 0 spiro atoms. The second kappa shape index (κ2) is 4.93.